The van der Waals surface area contributed by atoms with Gasteiger partial charge in [0.25, 0.3) is 5.91 Å². The van der Waals surface area contributed by atoms with Crippen molar-refractivity contribution in [2.75, 3.05) is 26.2 Å². The third-order valence-corrected chi connectivity index (χ3v) is 5.52. The maximum atomic E-state index is 12.2. The van der Waals surface area contributed by atoms with Crippen LogP contribution in [0.15, 0.2) is 30.3 Å². The Morgan fingerprint density at radius 3 is 2.38 bits per heavy atom. The number of nitrogens with zero attached hydrogens (tertiary/aromatic N) is 2. The van der Waals surface area contributed by atoms with Gasteiger partial charge in [-0.2, -0.15) is 0 Å². The van der Waals surface area contributed by atoms with Crippen molar-refractivity contribution in [3.05, 3.63) is 35.9 Å². The summed E-state index contributed by atoms with van der Waals surface area (Å²) in [5.41, 5.74) is 0.204. The number of hydrogen-bond acceptors (Lipinski definition) is 4. The van der Waals surface area contributed by atoms with E-state index in [-0.39, 0.29) is 11.9 Å². The molecular weight excluding hydrogens is 330 g/mol. The highest BCUT2D eigenvalue weighted by molar-refractivity contribution is 6.06. The van der Waals surface area contributed by atoms with Crippen molar-refractivity contribution in [2.24, 2.45) is 5.92 Å². The van der Waals surface area contributed by atoms with Crippen LogP contribution in [0.2, 0.25) is 0 Å². The summed E-state index contributed by atoms with van der Waals surface area (Å²) in [7, 11) is 0. The van der Waals surface area contributed by atoms with Gasteiger partial charge in [0.2, 0.25) is 0 Å². The van der Waals surface area contributed by atoms with E-state index in [1.54, 1.807) is 13.8 Å². The number of imide groups is 1. The Morgan fingerprint density at radius 1 is 1.15 bits per heavy atom. The number of benzene rings is 1. The highest BCUT2D eigenvalue weighted by Gasteiger charge is 2.43. The molecule has 1 aromatic rings. The normalized spacial score (nSPS) is 22.5. The highest BCUT2D eigenvalue weighted by atomic mass is 16.3. The molecule has 0 radical (unpaired) electrons. The molecule has 0 bridgehead atoms. The summed E-state index contributed by atoms with van der Waals surface area (Å²) in [6.45, 7) is 6.68. The topological polar surface area (TPSA) is 72.9 Å². The fourth-order valence-electron chi connectivity index (χ4n) is 3.89. The zero-order chi connectivity index (χ0) is 18.7. The average molecular weight is 359 g/mol. The predicted molar refractivity (Wildman–Crippen MR) is 99.5 cm³/mol. The molecule has 2 aliphatic heterocycles. The lowest BCUT2D eigenvalue weighted by Gasteiger charge is -2.34. The van der Waals surface area contributed by atoms with Crippen molar-refractivity contribution < 1.29 is 14.7 Å². The van der Waals surface area contributed by atoms with Crippen LogP contribution in [-0.2, 0) is 4.79 Å². The number of aliphatic hydroxyl groups excluding tert-OH is 1. The molecule has 2 N–H and O–H groups in total. The molecule has 0 aromatic heterocycles. The summed E-state index contributed by atoms with van der Waals surface area (Å²) in [6, 6.07) is 9.57. The van der Waals surface area contributed by atoms with Crippen LogP contribution in [0, 0.1) is 5.92 Å². The number of aliphatic hydroxyl groups is 1. The molecule has 3 amide bonds. The number of carbonyl (C=O) groups is 2. The first-order chi connectivity index (χ1) is 12.4. The van der Waals surface area contributed by atoms with Gasteiger partial charge in [-0.05, 0) is 64.2 Å². The molecule has 0 spiro atoms. The second-order valence-electron chi connectivity index (χ2n) is 7.90. The molecule has 1 unspecified atom stereocenters. The van der Waals surface area contributed by atoms with E-state index >= 15 is 0 Å². The van der Waals surface area contributed by atoms with Gasteiger partial charge in [-0.1, -0.05) is 30.3 Å². The molecule has 1 aromatic carbocycles. The van der Waals surface area contributed by atoms with Crippen LogP contribution < -0.4 is 5.32 Å². The molecule has 6 nitrogen and oxygen atoms in total. The minimum atomic E-state index is -0.789. The lowest BCUT2D eigenvalue weighted by Crippen LogP contribution is -2.41. The van der Waals surface area contributed by atoms with Crippen LogP contribution >= 0.6 is 0 Å². The van der Waals surface area contributed by atoms with E-state index in [2.05, 4.69) is 10.2 Å². The zero-order valence-corrected chi connectivity index (χ0v) is 15.6. The van der Waals surface area contributed by atoms with Gasteiger partial charge in [0, 0.05) is 6.54 Å². The number of rotatable bonds is 6. The number of likely N-dealkylation sites (tertiary alicyclic amines) is 1. The summed E-state index contributed by atoms with van der Waals surface area (Å²) in [4.78, 5) is 27.7. The molecule has 6 heteroatoms. The van der Waals surface area contributed by atoms with Crippen LogP contribution in [0.5, 0.6) is 0 Å². The molecule has 1 atom stereocenters. The van der Waals surface area contributed by atoms with Crippen LogP contribution in [0.25, 0.3) is 0 Å². The van der Waals surface area contributed by atoms with E-state index in [0.29, 0.717) is 12.5 Å². The second-order valence-corrected chi connectivity index (χ2v) is 7.90. The minimum Gasteiger partial charge on any atom is -0.388 e. The van der Waals surface area contributed by atoms with Crippen molar-refractivity contribution in [3.63, 3.8) is 0 Å². The quantitative estimate of drug-likeness (QED) is 0.764. The molecule has 2 aliphatic rings. The van der Waals surface area contributed by atoms with Gasteiger partial charge in [-0.15, -0.1) is 0 Å². The van der Waals surface area contributed by atoms with Gasteiger partial charge >= 0.3 is 6.03 Å². The first-order valence-corrected chi connectivity index (χ1v) is 9.48. The Labute approximate surface area is 155 Å². The number of urea groups is 1. The zero-order valence-electron chi connectivity index (χ0n) is 15.6. The number of nitrogens with one attached hydrogen (secondary N) is 1. The van der Waals surface area contributed by atoms with Gasteiger partial charge in [-0.3, -0.25) is 9.69 Å². The number of amides is 3. The Bertz CT molecular complexity index is 639. The molecule has 0 aliphatic carbocycles. The fourth-order valence-corrected chi connectivity index (χ4v) is 3.89. The van der Waals surface area contributed by atoms with Crippen molar-refractivity contribution in [1.82, 2.24) is 15.1 Å². The van der Waals surface area contributed by atoms with Crippen molar-refractivity contribution >= 4 is 11.9 Å². The van der Waals surface area contributed by atoms with E-state index in [4.69, 9.17) is 0 Å². The molecule has 26 heavy (non-hydrogen) atoms. The maximum Gasteiger partial charge on any atom is 0.325 e. The molecule has 2 fully saturated rings. The molecule has 142 valence electrons. The Balaban J connectivity index is 1.41. The van der Waals surface area contributed by atoms with Gasteiger partial charge < -0.3 is 15.3 Å². The average Bonchev–Trinajstić information content (AvgIpc) is 2.84. The summed E-state index contributed by atoms with van der Waals surface area (Å²) < 4.78 is 0. The predicted octanol–water partition coefficient (Wildman–Crippen LogP) is 2.15. The molecular formula is C20H29N3O3. The summed E-state index contributed by atoms with van der Waals surface area (Å²) >= 11 is 0. The van der Waals surface area contributed by atoms with Crippen molar-refractivity contribution in [3.8, 4) is 0 Å². The Kier molecular flexibility index (Phi) is 5.63. The highest BCUT2D eigenvalue weighted by Crippen LogP contribution is 2.30. The van der Waals surface area contributed by atoms with E-state index in [1.807, 2.05) is 30.3 Å². The summed E-state index contributed by atoms with van der Waals surface area (Å²) in [6.07, 6.45) is 2.31. The third kappa shape index (κ3) is 4.07. The molecule has 2 saturated heterocycles. The first kappa shape index (κ1) is 18.9. The van der Waals surface area contributed by atoms with Crippen molar-refractivity contribution in [1.29, 1.82) is 0 Å². The summed E-state index contributed by atoms with van der Waals surface area (Å²) in [5.74, 6) is 0.146. The second kappa shape index (κ2) is 7.76. The molecule has 0 saturated carbocycles. The van der Waals surface area contributed by atoms with Gasteiger partial charge in [0.1, 0.15) is 5.54 Å². The third-order valence-electron chi connectivity index (χ3n) is 5.52. The van der Waals surface area contributed by atoms with Gasteiger partial charge in [0.05, 0.1) is 6.10 Å². The maximum absolute atomic E-state index is 12.2. The smallest absolute Gasteiger partial charge is 0.325 e. The fraction of sp³-hybridized carbons (Fsp3) is 0.600. The van der Waals surface area contributed by atoms with Gasteiger partial charge in [-0.25, -0.2) is 4.79 Å². The summed E-state index contributed by atoms with van der Waals surface area (Å²) in [5, 5.41) is 13.3. The SMILES string of the molecule is CC1(C)NC(=O)N(CCCN2CCC(C(O)c3ccccc3)CC2)C1=O. The van der Waals surface area contributed by atoms with Crippen LogP contribution in [-0.4, -0.2) is 58.6 Å². The number of carbonyl (C=O) groups excluding carboxylic acids is 2. The monoisotopic (exact) mass is 359 g/mol. The standard InChI is InChI=1S/C20H29N3O3/c1-20(2)18(25)23(19(26)21-20)12-6-11-22-13-9-16(10-14-22)17(24)15-7-4-3-5-8-15/h3-5,7-8,16-17,24H,6,9-14H2,1-2H3,(H,21,26). The van der Waals surface area contributed by atoms with Crippen molar-refractivity contribution in [2.45, 2.75) is 44.8 Å². The Hall–Kier alpha value is -1.92. The van der Waals surface area contributed by atoms with Crippen LogP contribution in [0.4, 0.5) is 4.79 Å². The van der Waals surface area contributed by atoms with E-state index in [0.717, 1.165) is 44.5 Å². The number of piperidine rings is 1. The largest absolute Gasteiger partial charge is 0.388 e. The lowest BCUT2D eigenvalue weighted by molar-refractivity contribution is -0.130. The Morgan fingerprint density at radius 2 is 1.81 bits per heavy atom. The molecule has 3 rings (SSSR count). The van der Waals surface area contributed by atoms with E-state index in [9.17, 15) is 14.7 Å². The number of hydrogen-bond donors (Lipinski definition) is 2. The minimum absolute atomic E-state index is 0.146. The van der Waals surface area contributed by atoms with Crippen LogP contribution in [0.1, 0.15) is 44.8 Å². The van der Waals surface area contributed by atoms with E-state index < -0.39 is 11.6 Å². The van der Waals surface area contributed by atoms with Gasteiger partial charge in [0.15, 0.2) is 0 Å². The molecule has 2 heterocycles. The van der Waals surface area contributed by atoms with E-state index in [1.165, 1.54) is 4.90 Å². The van der Waals surface area contributed by atoms with Crippen LogP contribution in [0.3, 0.4) is 0 Å². The first-order valence-electron chi connectivity index (χ1n) is 9.48. The lowest BCUT2D eigenvalue weighted by atomic mass is 9.87.